The van der Waals surface area contributed by atoms with Crippen LogP contribution in [-0.4, -0.2) is 5.78 Å². The van der Waals surface area contributed by atoms with Crippen LogP contribution in [-0.2, 0) is 0 Å². The molecule has 1 heterocycles. The van der Waals surface area contributed by atoms with Crippen LogP contribution in [0.3, 0.4) is 0 Å². The number of rotatable bonds is 2. The van der Waals surface area contributed by atoms with E-state index < -0.39 is 5.92 Å². The molecule has 0 amide bonds. The number of hydrogen-bond donors (Lipinski definition) is 1. The van der Waals surface area contributed by atoms with Gasteiger partial charge in [0.05, 0.1) is 12.0 Å². The van der Waals surface area contributed by atoms with Gasteiger partial charge >= 0.3 is 0 Å². The molecular weight excluding hydrogens is 320 g/mol. The molecule has 0 saturated carbocycles. The van der Waals surface area contributed by atoms with Crippen LogP contribution in [0.15, 0.2) is 72.8 Å². The van der Waals surface area contributed by atoms with E-state index in [-0.39, 0.29) is 23.5 Å². The molecule has 2 nitrogen and oxygen atoms in total. The minimum Gasteiger partial charge on any atom is -0.377 e. The lowest BCUT2D eigenvalue weighted by Gasteiger charge is -2.34. The highest BCUT2D eigenvalue weighted by Crippen LogP contribution is 2.42. The molecule has 1 aliphatic heterocycles. The van der Waals surface area contributed by atoms with E-state index in [1.54, 1.807) is 30.3 Å². The zero-order chi connectivity index (χ0) is 17.4. The predicted molar refractivity (Wildman–Crippen MR) is 92.7 cm³/mol. The van der Waals surface area contributed by atoms with Gasteiger partial charge < -0.3 is 5.32 Å². The summed E-state index contributed by atoms with van der Waals surface area (Å²) in [4.78, 5) is 13.1. The molecule has 0 fully saturated rings. The second-order valence-electron chi connectivity index (χ2n) is 6.11. The Hall–Kier alpha value is -3.01. The van der Waals surface area contributed by atoms with Crippen molar-refractivity contribution in [2.24, 2.45) is 0 Å². The highest BCUT2D eigenvalue weighted by molar-refractivity contribution is 6.07. The Bertz CT molecular complexity index is 919. The van der Waals surface area contributed by atoms with Crippen molar-refractivity contribution in [2.75, 3.05) is 5.32 Å². The molecule has 3 aromatic rings. The van der Waals surface area contributed by atoms with Gasteiger partial charge in [-0.2, -0.15) is 0 Å². The van der Waals surface area contributed by atoms with Crippen molar-refractivity contribution in [3.63, 3.8) is 0 Å². The lowest BCUT2D eigenvalue weighted by Crippen LogP contribution is -2.31. The zero-order valence-corrected chi connectivity index (χ0v) is 13.2. The first kappa shape index (κ1) is 15.5. The van der Waals surface area contributed by atoms with Crippen molar-refractivity contribution in [2.45, 2.75) is 12.0 Å². The fraction of sp³-hybridized carbons (Fsp3) is 0.0952. The van der Waals surface area contributed by atoms with E-state index >= 15 is 0 Å². The number of benzene rings is 3. The van der Waals surface area contributed by atoms with E-state index in [9.17, 15) is 13.6 Å². The molecule has 124 valence electrons. The molecular formula is C21H15F2NO. The Balaban J connectivity index is 1.85. The number of fused-ring (bicyclic) bond motifs is 1. The van der Waals surface area contributed by atoms with Gasteiger partial charge in [0.25, 0.3) is 0 Å². The Morgan fingerprint density at radius 2 is 1.28 bits per heavy atom. The molecule has 1 aliphatic rings. The number of carbonyl (C=O) groups is 1. The Morgan fingerprint density at radius 1 is 0.720 bits per heavy atom. The molecule has 0 aromatic heterocycles. The zero-order valence-electron chi connectivity index (χ0n) is 13.2. The summed E-state index contributed by atoms with van der Waals surface area (Å²) in [5.74, 6) is -1.22. The van der Waals surface area contributed by atoms with Crippen molar-refractivity contribution in [3.8, 4) is 0 Å². The van der Waals surface area contributed by atoms with Crippen LogP contribution < -0.4 is 5.32 Å². The van der Waals surface area contributed by atoms with Gasteiger partial charge in [0, 0.05) is 11.3 Å². The van der Waals surface area contributed by atoms with Crippen LogP contribution in [0, 0.1) is 11.6 Å². The minimum atomic E-state index is -0.513. The maximum absolute atomic E-state index is 13.3. The summed E-state index contributed by atoms with van der Waals surface area (Å²) < 4.78 is 26.6. The van der Waals surface area contributed by atoms with Crippen molar-refractivity contribution in [1.82, 2.24) is 0 Å². The summed E-state index contributed by atoms with van der Waals surface area (Å²) in [6.45, 7) is 0. The van der Waals surface area contributed by atoms with E-state index in [0.717, 1.165) is 16.8 Å². The number of hydrogen-bond acceptors (Lipinski definition) is 2. The third-order valence-electron chi connectivity index (χ3n) is 4.58. The van der Waals surface area contributed by atoms with Crippen molar-refractivity contribution < 1.29 is 13.6 Å². The summed E-state index contributed by atoms with van der Waals surface area (Å²) in [6.07, 6.45) is 0. The monoisotopic (exact) mass is 335 g/mol. The van der Waals surface area contributed by atoms with Crippen LogP contribution in [0.5, 0.6) is 0 Å². The van der Waals surface area contributed by atoms with Crippen LogP contribution in [0.4, 0.5) is 14.5 Å². The number of para-hydroxylation sites is 1. The average molecular weight is 335 g/mol. The number of nitrogens with one attached hydrogen (secondary N) is 1. The fourth-order valence-corrected chi connectivity index (χ4v) is 3.35. The molecule has 0 bridgehead atoms. The predicted octanol–water partition coefficient (Wildman–Crippen LogP) is 5.10. The number of Topliss-reactive ketones (excluding diaryl/α,β-unsaturated/α-hetero) is 1. The van der Waals surface area contributed by atoms with Gasteiger partial charge in [-0.05, 0) is 47.5 Å². The molecule has 0 radical (unpaired) electrons. The average Bonchev–Trinajstić information content (AvgIpc) is 2.63. The normalized spacial score (nSPS) is 19.2. The molecule has 3 aromatic carbocycles. The highest BCUT2D eigenvalue weighted by atomic mass is 19.1. The third kappa shape index (κ3) is 2.80. The highest BCUT2D eigenvalue weighted by Gasteiger charge is 2.37. The molecule has 0 spiro atoms. The number of halogens is 2. The van der Waals surface area contributed by atoms with E-state index in [4.69, 9.17) is 0 Å². The number of anilines is 1. The molecule has 1 N–H and O–H groups in total. The van der Waals surface area contributed by atoms with Crippen LogP contribution >= 0.6 is 0 Å². The smallest absolute Gasteiger partial charge is 0.174 e. The molecule has 0 aliphatic carbocycles. The summed E-state index contributed by atoms with van der Waals surface area (Å²) in [5.41, 5.74) is 2.89. The summed E-state index contributed by atoms with van der Waals surface area (Å²) >= 11 is 0. The van der Waals surface area contributed by atoms with E-state index in [2.05, 4.69) is 5.32 Å². The SMILES string of the molecule is O=C1c2ccccc2NC(c2ccc(F)cc2)C1c1ccc(F)cc1. The van der Waals surface area contributed by atoms with Crippen LogP contribution in [0.1, 0.15) is 33.4 Å². The van der Waals surface area contributed by atoms with Gasteiger partial charge in [0.1, 0.15) is 11.6 Å². The molecule has 2 unspecified atom stereocenters. The van der Waals surface area contributed by atoms with Crippen molar-refractivity contribution >= 4 is 11.5 Å². The Kier molecular flexibility index (Phi) is 3.80. The van der Waals surface area contributed by atoms with Gasteiger partial charge in [-0.15, -0.1) is 0 Å². The first-order valence-electron chi connectivity index (χ1n) is 8.04. The number of ketones is 1. The van der Waals surface area contributed by atoms with Crippen molar-refractivity contribution in [3.05, 3.63) is 101 Å². The minimum absolute atomic E-state index is 0.0321. The second kappa shape index (κ2) is 6.13. The van der Waals surface area contributed by atoms with Gasteiger partial charge in [0.2, 0.25) is 0 Å². The van der Waals surface area contributed by atoms with Crippen molar-refractivity contribution in [1.29, 1.82) is 0 Å². The summed E-state index contributed by atoms with van der Waals surface area (Å²) in [5, 5.41) is 3.39. The summed E-state index contributed by atoms with van der Waals surface area (Å²) in [7, 11) is 0. The first-order valence-corrected chi connectivity index (χ1v) is 8.04. The molecule has 25 heavy (non-hydrogen) atoms. The Labute approximate surface area is 144 Å². The van der Waals surface area contributed by atoms with Crippen LogP contribution in [0.25, 0.3) is 0 Å². The van der Waals surface area contributed by atoms with E-state index in [1.165, 1.54) is 24.3 Å². The van der Waals surface area contributed by atoms with Gasteiger partial charge in [-0.25, -0.2) is 8.78 Å². The first-order chi connectivity index (χ1) is 12.1. The molecule has 0 saturated heterocycles. The fourth-order valence-electron chi connectivity index (χ4n) is 3.35. The van der Waals surface area contributed by atoms with Gasteiger partial charge in [0.15, 0.2) is 5.78 Å². The standard InChI is InChI=1S/C21H15F2NO/c22-15-9-5-13(6-10-15)19-20(14-7-11-16(23)12-8-14)24-18-4-2-1-3-17(18)21(19)25/h1-12,19-20,24H. The maximum Gasteiger partial charge on any atom is 0.174 e. The molecule has 4 rings (SSSR count). The topological polar surface area (TPSA) is 29.1 Å². The van der Waals surface area contributed by atoms with Gasteiger partial charge in [-0.1, -0.05) is 36.4 Å². The molecule has 2 atom stereocenters. The van der Waals surface area contributed by atoms with E-state index in [1.807, 2.05) is 18.2 Å². The van der Waals surface area contributed by atoms with E-state index in [0.29, 0.717) is 5.56 Å². The largest absolute Gasteiger partial charge is 0.377 e. The van der Waals surface area contributed by atoms with Gasteiger partial charge in [-0.3, -0.25) is 4.79 Å². The lowest BCUT2D eigenvalue weighted by atomic mass is 9.78. The summed E-state index contributed by atoms with van der Waals surface area (Å²) in [6, 6.07) is 19.0. The Morgan fingerprint density at radius 3 is 1.92 bits per heavy atom. The number of carbonyl (C=O) groups excluding carboxylic acids is 1. The van der Waals surface area contributed by atoms with Crippen LogP contribution in [0.2, 0.25) is 0 Å². The molecule has 4 heteroatoms. The lowest BCUT2D eigenvalue weighted by molar-refractivity contribution is 0.0945. The third-order valence-corrected chi connectivity index (χ3v) is 4.58. The quantitative estimate of drug-likeness (QED) is 0.706. The maximum atomic E-state index is 13.3. The second-order valence-corrected chi connectivity index (χ2v) is 6.11.